The summed E-state index contributed by atoms with van der Waals surface area (Å²) in [6, 6.07) is 3.82. The van der Waals surface area contributed by atoms with E-state index >= 15 is 0 Å². The molecule has 0 aliphatic heterocycles. The Morgan fingerprint density at radius 1 is 1.39 bits per heavy atom. The minimum Gasteiger partial charge on any atom is -0.481 e. The van der Waals surface area contributed by atoms with E-state index in [0.29, 0.717) is 0 Å². The van der Waals surface area contributed by atoms with Crippen LogP contribution in [0.15, 0.2) is 18.3 Å². The van der Waals surface area contributed by atoms with Crippen LogP contribution in [-0.4, -0.2) is 25.8 Å². The van der Waals surface area contributed by atoms with Crippen LogP contribution in [0, 0.1) is 20.8 Å². The molecule has 2 aromatic heterocycles. The minimum atomic E-state index is -0.849. The number of aliphatic carboxylic acids is 1. The van der Waals surface area contributed by atoms with Gasteiger partial charge in [-0.25, -0.2) is 9.67 Å². The highest BCUT2D eigenvalue weighted by atomic mass is 16.4. The van der Waals surface area contributed by atoms with Crippen molar-refractivity contribution in [1.29, 1.82) is 0 Å². The van der Waals surface area contributed by atoms with Crippen molar-refractivity contribution in [2.75, 3.05) is 0 Å². The van der Waals surface area contributed by atoms with Gasteiger partial charge in [-0.2, -0.15) is 5.10 Å². The van der Waals surface area contributed by atoms with Gasteiger partial charge in [0.25, 0.3) is 0 Å². The molecule has 0 spiro atoms. The van der Waals surface area contributed by atoms with E-state index in [9.17, 15) is 4.79 Å². The molecule has 2 aromatic rings. The van der Waals surface area contributed by atoms with Crippen molar-refractivity contribution < 1.29 is 9.90 Å². The third-order valence-electron chi connectivity index (χ3n) is 2.95. The van der Waals surface area contributed by atoms with Gasteiger partial charge in [0.2, 0.25) is 0 Å². The first-order chi connectivity index (χ1) is 8.50. The molecule has 0 aromatic carbocycles. The molecule has 0 bridgehead atoms. The quantitative estimate of drug-likeness (QED) is 0.895. The van der Waals surface area contributed by atoms with Crippen molar-refractivity contribution >= 4 is 5.97 Å². The molecule has 1 N–H and O–H groups in total. The second-order valence-corrected chi connectivity index (χ2v) is 4.28. The maximum absolute atomic E-state index is 10.8. The SMILES string of the molecule is Cc1cccnc1-n1nc(C)c(CC(=O)O)c1C. The van der Waals surface area contributed by atoms with Gasteiger partial charge in [-0.15, -0.1) is 0 Å². The van der Waals surface area contributed by atoms with Crippen molar-refractivity contribution in [2.45, 2.75) is 27.2 Å². The minimum absolute atomic E-state index is 0.0104. The molecule has 0 atom stereocenters. The highest BCUT2D eigenvalue weighted by Crippen LogP contribution is 2.19. The molecule has 5 heteroatoms. The molecule has 0 radical (unpaired) electrons. The molecular formula is C13H15N3O2. The number of carboxylic acids is 1. The van der Waals surface area contributed by atoms with E-state index in [-0.39, 0.29) is 6.42 Å². The van der Waals surface area contributed by atoms with E-state index < -0.39 is 5.97 Å². The topological polar surface area (TPSA) is 68.0 Å². The number of rotatable bonds is 3. The summed E-state index contributed by atoms with van der Waals surface area (Å²) in [5.74, 6) is -0.103. The predicted octanol–water partition coefficient (Wildman–Crippen LogP) is 1.82. The lowest BCUT2D eigenvalue weighted by atomic mass is 10.1. The molecule has 0 saturated carbocycles. The van der Waals surface area contributed by atoms with Gasteiger partial charge in [-0.05, 0) is 32.4 Å². The van der Waals surface area contributed by atoms with Gasteiger partial charge in [-0.3, -0.25) is 4.79 Å². The lowest BCUT2D eigenvalue weighted by Gasteiger charge is -2.06. The van der Waals surface area contributed by atoms with Crippen LogP contribution in [-0.2, 0) is 11.2 Å². The second-order valence-electron chi connectivity index (χ2n) is 4.28. The Morgan fingerprint density at radius 3 is 2.72 bits per heavy atom. The summed E-state index contributed by atoms with van der Waals surface area (Å²) in [6.07, 6.45) is 1.69. The summed E-state index contributed by atoms with van der Waals surface area (Å²) in [6.45, 7) is 5.64. The first kappa shape index (κ1) is 12.3. The van der Waals surface area contributed by atoms with Crippen LogP contribution in [0.3, 0.4) is 0 Å². The normalized spacial score (nSPS) is 10.6. The number of aryl methyl sites for hydroxylation is 2. The van der Waals surface area contributed by atoms with Crippen LogP contribution in [0.1, 0.15) is 22.5 Å². The van der Waals surface area contributed by atoms with Crippen LogP contribution in [0.2, 0.25) is 0 Å². The molecule has 0 aliphatic rings. The first-order valence-electron chi connectivity index (χ1n) is 5.69. The van der Waals surface area contributed by atoms with Gasteiger partial charge < -0.3 is 5.11 Å². The number of nitrogens with zero attached hydrogens (tertiary/aromatic N) is 3. The van der Waals surface area contributed by atoms with E-state index in [1.165, 1.54) is 0 Å². The highest BCUT2D eigenvalue weighted by Gasteiger charge is 2.16. The lowest BCUT2D eigenvalue weighted by Crippen LogP contribution is -2.06. The summed E-state index contributed by atoms with van der Waals surface area (Å²) >= 11 is 0. The molecule has 2 heterocycles. The van der Waals surface area contributed by atoms with Crippen LogP contribution < -0.4 is 0 Å². The average Bonchev–Trinajstić information content (AvgIpc) is 2.57. The summed E-state index contributed by atoms with van der Waals surface area (Å²) in [7, 11) is 0. The van der Waals surface area contributed by atoms with Crippen LogP contribution in [0.5, 0.6) is 0 Å². The fourth-order valence-electron chi connectivity index (χ4n) is 1.99. The van der Waals surface area contributed by atoms with Gasteiger partial charge in [0.05, 0.1) is 12.1 Å². The Balaban J connectivity index is 2.54. The lowest BCUT2D eigenvalue weighted by molar-refractivity contribution is -0.136. The van der Waals surface area contributed by atoms with Gasteiger partial charge in [0.15, 0.2) is 5.82 Å². The molecule has 2 rings (SSSR count). The Kier molecular flexibility index (Phi) is 3.14. The van der Waals surface area contributed by atoms with Crippen molar-refractivity contribution in [2.24, 2.45) is 0 Å². The van der Waals surface area contributed by atoms with Crippen molar-refractivity contribution in [3.05, 3.63) is 40.8 Å². The van der Waals surface area contributed by atoms with E-state index in [2.05, 4.69) is 10.1 Å². The summed E-state index contributed by atoms with van der Waals surface area (Å²) < 4.78 is 1.71. The van der Waals surface area contributed by atoms with Gasteiger partial charge in [0.1, 0.15) is 0 Å². The van der Waals surface area contributed by atoms with Crippen molar-refractivity contribution in [1.82, 2.24) is 14.8 Å². The third-order valence-corrected chi connectivity index (χ3v) is 2.95. The van der Waals surface area contributed by atoms with E-state index in [4.69, 9.17) is 5.11 Å². The molecule has 18 heavy (non-hydrogen) atoms. The monoisotopic (exact) mass is 245 g/mol. The van der Waals surface area contributed by atoms with E-state index in [0.717, 1.165) is 28.3 Å². The maximum atomic E-state index is 10.8. The van der Waals surface area contributed by atoms with Crippen LogP contribution in [0.25, 0.3) is 5.82 Å². The molecular weight excluding hydrogens is 230 g/mol. The molecule has 0 saturated heterocycles. The highest BCUT2D eigenvalue weighted by molar-refractivity contribution is 5.71. The zero-order valence-electron chi connectivity index (χ0n) is 10.6. The number of carboxylic acid groups (broad SMARTS) is 1. The van der Waals surface area contributed by atoms with Gasteiger partial charge in [0, 0.05) is 17.5 Å². The van der Waals surface area contributed by atoms with Gasteiger partial charge in [-0.1, -0.05) is 6.07 Å². The second kappa shape index (κ2) is 4.60. The predicted molar refractivity (Wildman–Crippen MR) is 66.9 cm³/mol. The Bertz CT molecular complexity index is 602. The zero-order valence-corrected chi connectivity index (χ0v) is 10.6. The van der Waals surface area contributed by atoms with Crippen LogP contribution >= 0.6 is 0 Å². The standard InChI is InChI=1S/C13H15N3O2/c1-8-5-4-6-14-13(8)16-10(3)11(7-12(17)18)9(2)15-16/h4-6H,7H2,1-3H3,(H,17,18). The number of aromatic nitrogens is 3. The third kappa shape index (κ3) is 2.11. The summed E-state index contributed by atoms with van der Waals surface area (Å²) in [4.78, 5) is 15.1. The fraction of sp³-hybridized carbons (Fsp3) is 0.308. The van der Waals surface area contributed by atoms with Crippen LogP contribution in [0.4, 0.5) is 0 Å². The number of pyridine rings is 1. The van der Waals surface area contributed by atoms with E-state index in [1.54, 1.807) is 10.9 Å². The maximum Gasteiger partial charge on any atom is 0.307 e. The fourth-order valence-corrected chi connectivity index (χ4v) is 1.99. The van der Waals surface area contributed by atoms with Gasteiger partial charge >= 0.3 is 5.97 Å². The number of hydrogen-bond acceptors (Lipinski definition) is 3. The largest absolute Gasteiger partial charge is 0.481 e. The summed E-state index contributed by atoms with van der Waals surface area (Å²) in [5, 5.41) is 13.3. The molecule has 0 fully saturated rings. The molecule has 0 aliphatic carbocycles. The Morgan fingerprint density at radius 2 is 2.11 bits per heavy atom. The summed E-state index contributed by atoms with van der Waals surface area (Å²) in [5.41, 5.74) is 3.33. The zero-order chi connectivity index (χ0) is 13.3. The molecule has 5 nitrogen and oxygen atoms in total. The average molecular weight is 245 g/mol. The Hall–Kier alpha value is -2.17. The Labute approximate surface area is 105 Å². The van der Waals surface area contributed by atoms with E-state index in [1.807, 2.05) is 32.9 Å². The number of hydrogen-bond donors (Lipinski definition) is 1. The van der Waals surface area contributed by atoms with Crippen molar-refractivity contribution in [3.63, 3.8) is 0 Å². The first-order valence-corrected chi connectivity index (χ1v) is 5.69. The number of carbonyl (C=O) groups is 1. The molecule has 94 valence electrons. The molecule has 0 unspecified atom stereocenters. The molecule has 0 amide bonds. The smallest absolute Gasteiger partial charge is 0.307 e. The van der Waals surface area contributed by atoms with Crippen molar-refractivity contribution in [3.8, 4) is 5.82 Å².